The van der Waals surface area contributed by atoms with Crippen molar-refractivity contribution in [3.8, 4) is 5.75 Å². The van der Waals surface area contributed by atoms with Gasteiger partial charge in [-0.1, -0.05) is 42.8 Å². The molecule has 2 aromatic carbocycles. The van der Waals surface area contributed by atoms with Crippen LogP contribution in [0, 0.1) is 5.82 Å². The summed E-state index contributed by atoms with van der Waals surface area (Å²) < 4.78 is 19.0. The summed E-state index contributed by atoms with van der Waals surface area (Å²) in [7, 11) is 1.95. The Bertz CT molecular complexity index is 582. The molecule has 112 valence electrons. The monoisotopic (exact) mass is 307 g/mol. The van der Waals surface area contributed by atoms with Gasteiger partial charge in [-0.3, -0.25) is 0 Å². The van der Waals surface area contributed by atoms with E-state index in [4.69, 9.17) is 16.3 Å². The molecule has 1 N–H and O–H groups in total. The number of ether oxygens (including phenoxy) is 1. The molecule has 0 amide bonds. The second-order valence-electron chi connectivity index (χ2n) is 4.82. The highest BCUT2D eigenvalue weighted by Gasteiger charge is 2.08. The molecule has 2 rings (SSSR count). The third kappa shape index (κ3) is 3.96. The Morgan fingerprint density at radius 3 is 2.52 bits per heavy atom. The molecule has 0 aliphatic carbocycles. The van der Waals surface area contributed by atoms with Crippen LogP contribution in [0.5, 0.6) is 5.75 Å². The van der Waals surface area contributed by atoms with Crippen LogP contribution in [0.3, 0.4) is 0 Å². The van der Waals surface area contributed by atoms with Crippen molar-refractivity contribution in [1.82, 2.24) is 5.32 Å². The maximum absolute atomic E-state index is 13.3. The number of rotatable bonds is 6. The van der Waals surface area contributed by atoms with Crippen molar-refractivity contribution in [1.29, 1.82) is 0 Å². The van der Waals surface area contributed by atoms with E-state index in [1.54, 1.807) is 12.1 Å². The fraction of sp³-hybridized carbons (Fsp3) is 0.294. The van der Waals surface area contributed by atoms with Crippen molar-refractivity contribution in [3.63, 3.8) is 0 Å². The highest BCUT2D eigenvalue weighted by Crippen LogP contribution is 2.23. The molecule has 0 aliphatic heterocycles. The smallest absolute Gasteiger partial charge is 0.142 e. The molecule has 1 atom stereocenters. The van der Waals surface area contributed by atoms with Gasteiger partial charge in [0.15, 0.2) is 0 Å². The van der Waals surface area contributed by atoms with Crippen LogP contribution in [0.25, 0.3) is 0 Å². The van der Waals surface area contributed by atoms with E-state index in [2.05, 4.69) is 12.2 Å². The van der Waals surface area contributed by atoms with E-state index >= 15 is 0 Å². The van der Waals surface area contributed by atoms with Crippen molar-refractivity contribution < 1.29 is 9.13 Å². The standard InChI is InChI=1S/C17H19ClFNO/c1-3-16(20-2)12-7-9-14(10-8-12)21-11-13-5-4-6-15(19)17(13)18/h4-10,16,20H,3,11H2,1-2H3. The largest absolute Gasteiger partial charge is 0.489 e. The first kappa shape index (κ1) is 15.8. The molecule has 4 heteroatoms. The topological polar surface area (TPSA) is 21.3 Å². The summed E-state index contributed by atoms with van der Waals surface area (Å²) in [6.45, 7) is 2.39. The van der Waals surface area contributed by atoms with Gasteiger partial charge in [0.1, 0.15) is 18.2 Å². The van der Waals surface area contributed by atoms with Crippen LogP contribution < -0.4 is 10.1 Å². The molecule has 0 spiro atoms. The first-order chi connectivity index (χ1) is 10.2. The SMILES string of the molecule is CCC(NC)c1ccc(OCc2cccc(F)c2Cl)cc1. The fourth-order valence-electron chi connectivity index (χ4n) is 2.22. The van der Waals surface area contributed by atoms with Gasteiger partial charge in [0.05, 0.1) is 5.02 Å². The zero-order valence-electron chi connectivity index (χ0n) is 12.2. The molecule has 0 fully saturated rings. The maximum atomic E-state index is 13.3. The molecular weight excluding hydrogens is 289 g/mol. The molecule has 2 nitrogen and oxygen atoms in total. The Morgan fingerprint density at radius 2 is 1.90 bits per heavy atom. The van der Waals surface area contributed by atoms with Crippen LogP contribution in [0.2, 0.25) is 5.02 Å². The van der Waals surface area contributed by atoms with Gasteiger partial charge in [0.2, 0.25) is 0 Å². The zero-order chi connectivity index (χ0) is 15.2. The highest BCUT2D eigenvalue weighted by atomic mass is 35.5. The van der Waals surface area contributed by atoms with E-state index in [1.165, 1.54) is 11.6 Å². The van der Waals surface area contributed by atoms with E-state index in [0.717, 1.165) is 12.2 Å². The lowest BCUT2D eigenvalue weighted by molar-refractivity contribution is 0.305. The Kier molecular flexibility index (Phi) is 5.59. The normalized spacial score (nSPS) is 12.2. The molecular formula is C17H19ClFNO. The molecule has 0 heterocycles. The van der Waals surface area contributed by atoms with Gasteiger partial charge in [-0.25, -0.2) is 4.39 Å². The summed E-state index contributed by atoms with van der Waals surface area (Å²) >= 11 is 5.90. The van der Waals surface area contributed by atoms with Crippen LogP contribution in [-0.4, -0.2) is 7.05 Å². The van der Waals surface area contributed by atoms with Gasteiger partial charge in [-0.15, -0.1) is 0 Å². The van der Waals surface area contributed by atoms with E-state index in [9.17, 15) is 4.39 Å². The summed E-state index contributed by atoms with van der Waals surface area (Å²) in [6, 6.07) is 13.0. The van der Waals surface area contributed by atoms with E-state index < -0.39 is 5.82 Å². The van der Waals surface area contributed by atoms with Gasteiger partial charge >= 0.3 is 0 Å². The Labute approximate surface area is 129 Å². The third-order valence-corrected chi connectivity index (χ3v) is 3.89. The second-order valence-corrected chi connectivity index (χ2v) is 5.20. The van der Waals surface area contributed by atoms with Crippen molar-refractivity contribution in [3.05, 3.63) is 64.4 Å². The minimum absolute atomic E-state index is 0.121. The quantitative estimate of drug-likeness (QED) is 0.833. The van der Waals surface area contributed by atoms with Crippen LogP contribution in [0.1, 0.15) is 30.5 Å². The number of halogens is 2. The highest BCUT2D eigenvalue weighted by molar-refractivity contribution is 6.31. The lowest BCUT2D eigenvalue weighted by Crippen LogP contribution is -2.14. The van der Waals surface area contributed by atoms with Gasteiger partial charge < -0.3 is 10.1 Å². The Balaban J connectivity index is 2.02. The minimum atomic E-state index is -0.423. The van der Waals surface area contributed by atoms with Crippen LogP contribution in [-0.2, 0) is 6.61 Å². The number of hydrogen-bond acceptors (Lipinski definition) is 2. The molecule has 0 bridgehead atoms. The van der Waals surface area contributed by atoms with Crippen LogP contribution in [0.4, 0.5) is 4.39 Å². The van der Waals surface area contributed by atoms with E-state index in [-0.39, 0.29) is 11.6 Å². The average molecular weight is 308 g/mol. The van der Waals surface area contributed by atoms with Crippen molar-refractivity contribution >= 4 is 11.6 Å². The lowest BCUT2D eigenvalue weighted by atomic mass is 10.0. The zero-order valence-corrected chi connectivity index (χ0v) is 13.0. The summed E-state index contributed by atoms with van der Waals surface area (Å²) in [5.74, 6) is 0.318. The van der Waals surface area contributed by atoms with E-state index in [1.807, 2.05) is 31.3 Å². The number of hydrogen-bond donors (Lipinski definition) is 1. The predicted molar refractivity (Wildman–Crippen MR) is 84.3 cm³/mol. The summed E-state index contributed by atoms with van der Waals surface area (Å²) in [5.41, 5.74) is 1.86. The molecule has 0 aromatic heterocycles. The van der Waals surface area contributed by atoms with Crippen molar-refractivity contribution in [2.45, 2.75) is 26.0 Å². The predicted octanol–water partition coefficient (Wildman–Crippen LogP) is 4.73. The maximum Gasteiger partial charge on any atom is 0.142 e. The van der Waals surface area contributed by atoms with Gasteiger partial charge in [0.25, 0.3) is 0 Å². The average Bonchev–Trinajstić information content (AvgIpc) is 2.51. The molecule has 0 radical (unpaired) electrons. The lowest BCUT2D eigenvalue weighted by Gasteiger charge is -2.15. The Hall–Kier alpha value is -1.58. The van der Waals surface area contributed by atoms with Crippen molar-refractivity contribution in [2.75, 3.05) is 7.05 Å². The summed E-state index contributed by atoms with van der Waals surface area (Å²) in [5, 5.41) is 3.38. The van der Waals surface area contributed by atoms with Crippen molar-refractivity contribution in [2.24, 2.45) is 0 Å². The fourth-order valence-corrected chi connectivity index (χ4v) is 2.40. The summed E-state index contributed by atoms with van der Waals surface area (Å²) in [4.78, 5) is 0. The van der Waals surface area contributed by atoms with Gasteiger partial charge in [-0.2, -0.15) is 0 Å². The number of nitrogens with one attached hydrogen (secondary N) is 1. The number of benzene rings is 2. The van der Waals surface area contributed by atoms with E-state index in [0.29, 0.717) is 11.6 Å². The molecule has 2 aromatic rings. The second kappa shape index (κ2) is 7.43. The summed E-state index contributed by atoms with van der Waals surface area (Å²) in [6.07, 6.45) is 1.02. The molecule has 21 heavy (non-hydrogen) atoms. The third-order valence-electron chi connectivity index (χ3n) is 3.47. The molecule has 0 aliphatic rings. The van der Waals surface area contributed by atoms with Crippen LogP contribution >= 0.6 is 11.6 Å². The van der Waals surface area contributed by atoms with Gasteiger partial charge in [-0.05, 0) is 37.2 Å². The van der Waals surface area contributed by atoms with Gasteiger partial charge in [0, 0.05) is 11.6 Å². The first-order valence-corrected chi connectivity index (χ1v) is 7.36. The minimum Gasteiger partial charge on any atom is -0.489 e. The first-order valence-electron chi connectivity index (χ1n) is 6.98. The molecule has 1 unspecified atom stereocenters. The molecule has 0 saturated heterocycles. The molecule has 0 saturated carbocycles. The van der Waals surface area contributed by atoms with Crippen LogP contribution in [0.15, 0.2) is 42.5 Å². The Morgan fingerprint density at radius 1 is 1.19 bits per heavy atom.